The van der Waals surface area contributed by atoms with Crippen LogP contribution >= 0.6 is 0 Å². The van der Waals surface area contributed by atoms with Gasteiger partial charge in [-0.15, -0.1) is 0 Å². The number of nitrogens with two attached hydrogens (primary N) is 1. The van der Waals surface area contributed by atoms with Gasteiger partial charge in [-0.05, 0) is 41.8 Å². The number of methoxy groups -OCH3 is 1. The van der Waals surface area contributed by atoms with Crippen molar-refractivity contribution in [3.8, 4) is 5.75 Å². The average molecular weight is 287 g/mol. The van der Waals surface area contributed by atoms with Gasteiger partial charge < -0.3 is 10.5 Å². The number of ether oxygens (including phenoxy) is 1. The van der Waals surface area contributed by atoms with Crippen LogP contribution in [-0.4, -0.2) is 12.9 Å². The molecule has 0 atom stereocenters. The molecule has 0 amide bonds. The van der Waals surface area contributed by atoms with Crippen molar-refractivity contribution in [1.82, 2.24) is 0 Å². The number of carbonyl (C=O) groups excluding carboxylic acids is 1. The second-order valence-corrected chi connectivity index (χ2v) is 4.93. The van der Waals surface area contributed by atoms with E-state index >= 15 is 0 Å². The highest BCUT2D eigenvalue weighted by Crippen LogP contribution is 2.18. The molecule has 0 bridgehead atoms. The Morgan fingerprint density at radius 1 is 1.14 bits per heavy atom. The molecule has 2 aromatic rings. The molecule has 0 saturated heterocycles. The number of aryl methyl sites for hydroxylation is 1. The highest BCUT2D eigenvalue weighted by Gasteiger charge is 2.08. The van der Waals surface area contributed by atoms with Gasteiger partial charge in [0.25, 0.3) is 0 Å². The van der Waals surface area contributed by atoms with Crippen molar-refractivity contribution in [3.63, 3.8) is 0 Å². The van der Waals surface area contributed by atoms with E-state index in [1.807, 2.05) is 24.3 Å². The van der Waals surface area contributed by atoms with Gasteiger partial charge in [-0.25, -0.2) is 4.39 Å². The second-order valence-electron chi connectivity index (χ2n) is 4.93. The fourth-order valence-electron chi connectivity index (χ4n) is 2.10. The first kappa shape index (κ1) is 15.0. The molecule has 4 heteroatoms. The molecule has 0 saturated carbocycles. The number of nitrogen functional groups attached to an aromatic ring is 1. The summed E-state index contributed by atoms with van der Waals surface area (Å²) >= 11 is 0. The van der Waals surface area contributed by atoms with Crippen molar-refractivity contribution in [2.75, 3.05) is 12.8 Å². The Labute approximate surface area is 123 Å². The van der Waals surface area contributed by atoms with Crippen LogP contribution in [0.5, 0.6) is 5.75 Å². The van der Waals surface area contributed by atoms with Gasteiger partial charge in [0.15, 0.2) is 11.6 Å². The lowest BCUT2D eigenvalue weighted by Gasteiger charge is -2.05. The molecular weight excluding hydrogens is 269 g/mol. The SMILES string of the molecule is COc1ccc(CC(=O)CCc2ccc(N)cc2)cc1F. The van der Waals surface area contributed by atoms with E-state index in [-0.39, 0.29) is 18.0 Å². The van der Waals surface area contributed by atoms with E-state index in [4.69, 9.17) is 10.5 Å². The zero-order chi connectivity index (χ0) is 15.2. The Balaban J connectivity index is 1.89. The number of Topliss-reactive ketones (excluding diaryl/α,β-unsaturated/α-hetero) is 1. The highest BCUT2D eigenvalue weighted by molar-refractivity contribution is 5.81. The summed E-state index contributed by atoms with van der Waals surface area (Å²) in [6.45, 7) is 0. The number of hydrogen-bond donors (Lipinski definition) is 1. The number of halogens is 1. The van der Waals surface area contributed by atoms with E-state index in [2.05, 4.69) is 0 Å². The molecular formula is C17H18FNO2. The maximum Gasteiger partial charge on any atom is 0.165 e. The Bertz CT molecular complexity index is 623. The van der Waals surface area contributed by atoms with E-state index in [0.717, 1.165) is 5.56 Å². The maximum absolute atomic E-state index is 13.5. The van der Waals surface area contributed by atoms with E-state index in [9.17, 15) is 9.18 Å². The third-order valence-corrected chi connectivity index (χ3v) is 3.29. The normalized spacial score (nSPS) is 10.4. The number of carbonyl (C=O) groups is 1. The van der Waals surface area contributed by atoms with Crippen LogP contribution in [-0.2, 0) is 17.6 Å². The van der Waals surface area contributed by atoms with Crippen LogP contribution in [0.2, 0.25) is 0 Å². The summed E-state index contributed by atoms with van der Waals surface area (Å²) in [5.74, 6) is -0.175. The predicted molar refractivity (Wildman–Crippen MR) is 80.8 cm³/mol. The Morgan fingerprint density at radius 3 is 2.43 bits per heavy atom. The van der Waals surface area contributed by atoms with Crippen molar-refractivity contribution >= 4 is 11.5 Å². The van der Waals surface area contributed by atoms with Crippen molar-refractivity contribution in [2.24, 2.45) is 0 Å². The minimum Gasteiger partial charge on any atom is -0.494 e. The Hall–Kier alpha value is -2.36. The van der Waals surface area contributed by atoms with Gasteiger partial charge in [-0.3, -0.25) is 4.79 Å². The van der Waals surface area contributed by atoms with Gasteiger partial charge >= 0.3 is 0 Å². The molecule has 0 unspecified atom stereocenters. The fraction of sp³-hybridized carbons (Fsp3) is 0.235. The topological polar surface area (TPSA) is 52.3 Å². The van der Waals surface area contributed by atoms with Gasteiger partial charge in [0.1, 0.15) is 5.78 Å². The molecule has 0 heterocycles. The van der Waals surface area contributed by atoms with Crippen LogP contribution < -0.4 is 10.5 Å². The molecule has 3 nitrogen and oxygen atoms in total. The molecule has 0 fully saturated rings. The monoisotopic (exact) mass is 287 g/mol. The van der Waals surface area contributed by atoms with Crippen LogP contribution in [0.4, 0.5) is 10.1 Å². The van der Waals surface area contributed by atoms with Gasteiger partial charge in [-0.2, -0.15) is 0 Å². The number of benzene rings is 2. The first-order valence-corrected chi connectivity index (χ1v) is 6.77. The minimum atomic E-state index is -0.443. The van der Waals surface area contributed by atoms with Gasteiger partial charge in [0.2, 0.25) is 0 Å². The molecule has 2 N–H and O–H groups in total. The highest BCUT2D eigenvalue weighted by atomic mass is 19.1. The molecule has 0 radical (unpaired) electrons. The minimum absolute atomic E-state index is 0.0800. The van der Waals surface area contributed by atoms with Crippen molar-refractivity contribution < 1.29 is 13.9 Å². The summed E-state index contributed by atoms with van der Waals surface area (Å²) in [4.78, 5) is 11.9. The number of rotatable bonds is 6. The Morgan fingerprint density at radius 2 is 1.81 bits per heavy atom. The van der Waals surface area contributed by atoms with Crippen molar-refractivity contribution in [2.45, 2.75) is 19.3 Å². The molecule has 0 aliphatic carbocycles. The number of ketones is 1. The summed E-state index contributed by atoms with van der Waals surface area (Å²) in [6, 6.07) is 12.1. The third-order valence-electron chi connectivity index (χ3n) is 3.29. The van der Waals surface area contributed by atoms with Crippen molar-refractivity contribution in [3.05, 3.63) is 59.4 Å². The van der Waals surface area contributed by atoms with Crippen LogP contribution in [0.3, 0.4) is 0 Å². The van der Waals surface area contributed by atoms with Crippen LogP contribution in [0, 0.1) is 5.82 Å². The van der Waals surface area contributed by atoms with Crippen LogP contribution in [0.1, 0.15) is 17.5 Å². The lowest BCUT2D eigenvalue weighted by Crippen LogP contribution is -2.05. The molecule has 110 valence electrons. The number of anilines is 1. The summed E-state index contributed by atoms with van der Waals surface area (Å²) < 4.78 is 18.4. The quantitative estimate of drug-likeness (QED) is 0.830. The molecule has 2 rings (SSSR count). The maximum atomic E-state index is 13.5. The smallest absolute Gasteiger partial charge is 0.165 e. The Kier molecular flexibility index (Phi) is 4.93. The summed E-state index contributed by atoms with van der Waals surface area (Å²) in [5, 5.41) is 0. The summed E-state index contributed by atoms with van der Waals surface area (Å²) in [6.07, 6.45) is 1.32. The average Bonchev–Trinajstić information content (AvgIpc) is 2.47. The van der Waals surface area contributed by atoms with Crippen LogP contribution in [0.25, 0.3) is 0 Å². The van der Waals surface area contributed by atoms with E-state index in [1.165, 1.54) is 19.2 Å². The van der Waals surface area contributed by atoms with Gasteiger partial charge in [-0.1, -0.05) is 18.2 Å². The molecule has 0 spiro atoms. The van der Waals surface area contributed by atoms with Gasteiger partial charge in [0, 0.05) is 18.5 Å². The summed E-state index contributed by atoms with van der Waals surface area (Å²) in [7, 11) is 1.41. The summed E-state index contributed by atoms with van der Waals surface area (Å²) in [5.41, 5.74) is 8.05. The fourth-order valence-corrected chi connectivity index (χ4v) is 2.10. The van der Waals surface area contributed by atoms with E-state index in [0.29, 0.717) is 24.1 Å². The first-order valence-electron chi connectivity index (χ1n) is 6.77. The molecule has 0 aliphatic heterocycles. The first-order chi connectivity index (χ1) is 10.1. The largest absolute Gasteiger partial charge is 0.494 e. The predicted octanol–water partition coefficient (Wildman–Crippen LogP) is 3.16. The standard InChI is InChI=1S/C17H18FNO2/c1-21-17-9-5-13(11-16(17)18)10-15(20)8-4-12-2-6-14(19)7-3-12/h2-3,5-7,9,11H,4,8,10,19H2,1H3. The zero-order valence-corrected chi connectivity index (χ0v) is 11.9. The molecule has 21 heavy (non-hydrogen) atoms. The number of hydrogen-bond acceptors (Lipinski definition) is 3. The van der Waals surface area contributed by atoms with Crippen LogP contribution in [0.15, 0.2) is 42.5 Å². The van der Waals surface area contributed by atoms with Gasteiger partial charge in [0.05, 0.1) is 7.11 Å². The lowest BCUT2D eigenvalue weighted by molar-refractivity contribution is -0.118. The molecule has 0 aliphatic rings. The molecule has 0 aromatic heterocycles. The van der Waals surface area contributed by atoms with E-state index in [1.54, 1.807) is 6.07 Å². The van der Waals surface area contributed by atoms with Crippen molar-refractivity contribution in [1.29, 1.82) is 0 Å². The zero-order valence-electron chi connectivity index (χ0n) is 11.9. The third kappa shape index (κ3) is 4.31. The van der Waals surface area contributed by atoms with E-state index < -0.39 is 5.82 Å². The lowest BCUT2D eigenvalue weighted by atomic mass is 10.0. The second kappa shape index (κ2) is 6.88. The molecule has 2 aromatic carbocycles.